The van der Waals surface area contributed by atoms with Crippen LogP contribution >= 0.6 is 23.4 Å². The molecule has 0 aliphatic rings. The molecule has 0 saturated carbocycles. The molecule has 0 radical (unpaired) electrons. The zero-order valence-electron chi connectivity index (χ0n) is 16.1. The fourth-order valence-corrected chi connectivity index (χ4v) is 4.61. The Morgan fingerprint density at radius 2 is 1.71 bits per heavy atom. The van der Waals surface area contributed by atoms with E-state index in [1.54, 1.807) is 23.0 Å². The largest absolute Gasteiger partial charge is 0.360 e. The number of ketones is 1. The first kappa shape index (κ1) is 19.5. The van der Waals surface area contributed by atoms with Crippen molar-refractivity contribution in [3.8, 4) is 5.69 Å². The monoisotopic (exact) mass is 445 g/mol. The standard InChI is InChI=1S/C23H16ClN5OS/c24-16-10-12-17(13-11-16)29-23(26-27-28-29)31-22(15-6-2-1-3-7-15)21(30)19-14-25-20-9-5-4-8-18(19)20/h1-14,22,25H. The highest BCUT2D eigenvalue weighted by molar-refractivity contribution is 8.00. The highest BCUT2D eigenvalue weighted by Crippen LogP contribution is 2.38. The quantitative estimate of drug-likeness (QED) is 0.275. The SMILES string of the molecule is O=C(c1c[nH]c2ccccc12)C(Sc1nnnn1-c1ccc(Cl)cc1)c1ccccc1. The Bertz CT molecular complexity index is 1350. The maximum Gasteiger partial charge on any atom is 0.215 e. The van der Waals surface area contributed by atoms with E-state index in [2.05, 4.69) is 20.5 Å². The van der Waals surface area contributed by atoms with Crippen LogP contribution in [-0.4, -0.2) is 31.0 Å². The van der Waals surface area contributed by atoms with Crippen molar-refractivity contribution in [2.45, 2.75) is 10.4 Å². The number of hydrogen-bond donors (Lipinski definition) is 1. The summed E-state index contributed by atoms with van der Waals surface area (Å²) in [6, 6.07) is 24.7. The molecule has 0 bridgehead atoms. The first-order chi connectivity index (χ1) is 15.2. The molecule has 152 valence electrons. The van der Waals surface area contributed by atoms with E-state index in [0.29, 0.717) is 15.7 Å². The number of carbonyl (C=O) groups is 1. The molecule has 6 nitrogen and oxygen atoms in total. The predicted octanol–water partition coefficient (Wildman–Crippen LogP) is 5.51. The highest BCUT2D eigenvalue weighted by atomic mass is 35.5. The van der Waals surface area contributed by atoms with Crippen LogP contribution in [0.4, 0.5) is 0 Å². The molecule has 31 heavy (non-hydrogen) atoms. The lowest BCUT2D eigenvalue weighted by Gasteiger charge is -2.15. The van der Waals surface area contributed by atoms with Crippen LogP contribution in [0.25, 0.3) is 16.6 Å². The van der Waals surface area contributed by atoms with E-state index in [0.717, 1.165) is 22.2 Å². The van der Waals surface area contributed by atoms with Gasteiger partial charge in [-0.25, -0.2) is 0 Å². The fourth-order valence-electron chi connectivity index (χ4n) is 3.42. The Kier molecular flexibility index (Phi) is 5.28. The molecule has 0 spiro atoms. The summed E-state index contributed by atoms with van der Waals surface area (Å²) in [7, 11) is 0. The van der Waals surface area contributed by atoms with E-state index in [1.165, 1.54) is 11.8 Å². The number of halogens is 1. The first-order valence-electron chi connectivity index (χ1n) is 9.57. The number of rotatable bonds is 6. The molecule has 0 aliphatic heterocycles. The number of hydrogen-bond acceptors (Lipinski definition) is 5. The molecule has 5 aromatic rings. The molecule has 8 heteroatoms. The molecule has 0 saturated heterocycles. The second-order valence-electron chi connectivity index (χ2n) is 6.87. The average molecular weight is 446 g/mol. The van der Waals surface area contributed by atoms with Crippen LogP contribution in [0, 0.1) is 0 Å². The van der Waals surface area contributed by atoms with Crippen LogP contribution in [-0.2, 0) is 0 Å². The zero-order chi connectivity index (χ0) is 21.2. The van der Waals surface area contributed by atoms with Gasteiger partial charge in [-0.2, -0.15) is 4.68 Å². The van der Waals surface area contributed by atoms with Crippen molar-refractivity contribution >= 4 is 40.0 Å². The van der Waals surface area contributed by atoms with Gasteiger partial charge in [0.05, 0.1) is 5.69 Å². The Hall–Kier alpha value is -3.42. The molecule has 0 aliphatic carbocycles. The van der Waals surface area contributed by atoms with E-state index in [9.17, 15) is 4.79 Å². The van der Waals surface area contributed by atoms with Crippen molar-refractivity contribution in [1.82, 2.24) is 25.2 Å². The van der Waals surface area contributed by atoms with Crippen molar-refractivity contribution in [3.05, 3.63) is 101 Å². The number of tetrazole rings is 1. The smallest absolute Gasteiger partial charge is 0.215 e. The number of nitrogens with zero attached hydrogens (tertiary/aromatic N) is 4. The predicted molar refractivity (Wildman–Crippen MR) is 122 cm³/mol. The lowest BCUT2D eigenvalue weighted by molar-refractivity contribution is 0.0991. The number of aromatic nitrogens is 5. The zero-order valence-corrected chi connectivity index (χ0v) is 17.7. The van der Waals surface area contributed by atoms with E-state index < -0.39 is 5.25 Å². The van der Waals surface area contributed by atoms with Crippen LogP contribution in [0.15, 0.2) is 90.2 Å². The fraction of sp³-hybridized carbons (Fsp3) is 0.0435. The van der Waals surface area contributed by atoms with Crippen LogP contribution in [0.1, 0.15) is 21.2 Å². The van der Waals surface area contributed by atoms with Gasteiger partial charge in [0, 0.05) is 27.7 Å². The molecular formula is C23H16ClN5OS. The molecular weight excluding hydrogens is 430 g/mol. The first-order valence-corrected chi connectivity index (χ1v) is 10.8. The van der Waals surface area contributed by atoms with Gasteiger partial charge >= 0.3 is 0 Å². The lowest BCUT2D eigenvalue weighted by Crippen LogP contribution is -2.11. The summed E-state index contributed by atoms with van der Waals surface area (Å²) in [6.07, 6.45) is 1.77. The molecule has 2 aromatic heterocycles. The summed E-state index contributed by atoms with van der Waals surface area (Å²) < 4.78 is 1.61. The minimum Gasteiger partial charge on any atom is -0.360 e. The summed E-state index contributed by atoms with van der Waals surface area (Å²) in [6.45, 7) is 0. The van der Waals surface area contributed by atoms with E-state index >= 15 is 0 Å². The summed E-state index contributed by atoms with van der Waals surface area (Å²) in [5.41, 5.74) is 3.22. The molecule has 5 rings (SSSR count). The van der Waals surface area contributed by atoms with Gasteiger partial charge in [-0.05, 0) is 46.3 Å². The highest BCUT2D eigenvalue weighted by Gasteiger charge is 2.28. The van der Waals surface area contributed by atoms with Crippen molar-refractivity contribution in [2.24, 2.45) is 0 Å². The Morgan fingerprint density at radius 3 is 2.52 bits per heavy atom. The van der Waals surface area contributed by atoms with Gasteiger partial charge in [0.1, 0.15) is 5.25 Å². The maximum atomic E-state index is 13.7. The maximum absolute atomic E-state index is 13.7. The van der Waals surface area contributed by atoms with E-state index in [-0.39, 0.29) is 5.78 Å². The average Bonchev–Trinajstić information content (AvgIpc) is 3.45. The molecule has 2 heterocycles. The van der Waals surface area contributed by atoms with Gasteiger partial charge in [0.25, 0.3) is 0 Å². The van der Waals surface area contributed by atoms with Crippen LogP contribution in [0.5, 0.6) is 0 Å². The number of carbonyl (C=O) groups excluding carboxylic acids is 1. The second-order valence-corrected chi connectivity index (χ2v) is 8.38. The van der Waals surface area contributed by atoms with Crippen LogP contribution in [0.3, 0.4) is 0 Å². The third-order valence-electron chi connectivity index (χ3n) is 4.93. The topological polar surface area (TPSA) is 76.5 Å². The van der Waals surface area contributed by atoms with Gasteiger partial charge in [0.2, 0.25) is 5.16 Å². The number of benzene rings is 3. The number of Topliss-reactive ketones (excluding diaryl/α,β-unsaturated/α-hetero) is 1. The number of aromatic amines is 1. The molecule has 1 N–H and O–H groups in total. The van der Waals surface area contributed by atoms with Gasteiger partial charge in [0.15, 0.2) is 5.78 Å². The minimum atomic E-state index is -0.516. The van der Waals surface area contributed by atoms with Gasteiger partial charge in [-0.3, -0.25) is 4.79 Å². The van der Waals surface area contributed by atoms with Crippen LogP contribution in [0.2, 0.25) is 5.02 Å². The van der Waals surface area contributed by atoms with Crippen molar-refractivity contribution in [3.63, 3.8) is 0 Å². The molecule has 3 aromatic carbocycles. The van der Waals surface area contributed by atoms with Gasteiger partial charge in [-0.1, -0.05) is 71.9 Å². The van der Waals surface area contributed by atoms with Gasteiger partial charge < -0.3 is 4.98 Å². The Balaban J connectivity index is 1.55. The number of fused-ring (bicyclic) bond motifs is 1. The van der Waals surface area contributed by atoms with Crippen molar-refractivity contribution < 1.29 is 4.79 Å². The third kappa shape index (κ3) is 3.85. The second kappa shape index (κ2) is 8.37. The van der Waals surface area contributed by atoms with Crippen molar-refractivity contribution in [1.29, 1.82) is 0 Å². The number of nitrogens with one attached hydrogen (secondary N) is 1. The molecule has 0 fully saturated rings. The Morgan fingerprint density at radius 1 is 0.968 bits per heavy atom. The minimum absolute atomic E-state index is 0.0145. The van der Waals surface area contributed by atoms with E-state index in [1.807, 2.05) is 66.7 Å². The normalized spacial score (nSPS) is 12.2. The third-order valence-corrected chi connectivity index (χ3v) is 6.37. The summed E-state index contributed by atoms with van der Waals surface area (Å²) in [5, 5.41) is 13.6. The van der Waals surface area contributed by atoms with Crippen molar-refractivity contribution in [2.75, 3.05) is 0 Å². The molecule has 1 atom stereocenters. The number of thioether (sulfide) groups is 1. The lowest BCUT2D eigenvalue weighted by atomic mass is 10.0. The molecule has 0 amide bonds. The number of H-pyrrole nitrogens is 1. The van der Waals surface area contributed by atoms with Crippen LogP contribution < -0.4 is 0 Å². The summed E-state index contributed by atoms with van der Waals surface area (Å²) in [4.78, 5) is 16.9. The number of para-hydroxylation sites is 1. The molecule has 1 unspecified atom stereocenters. The van der Waals surface area contributed by atoms with Gasteiger partial charge in [-0.15, -0.1) is 5.10 Å². The summed E-state index contributed by atoms with van der Waals surface area (Å²) >= 11 is 7.33. The van der Waals surface area contributed by atoms with E-state index in [4.69, 9.17) is 11.6 Å². The summed E-state index contributed by atoms with van der Waals surface area (Å²) in [5.74, 6) is -0.0145. The Labute approximate surface area is 187 Å².